The largest absolute Gasteiger partial charge is 0.352 e. The number of carbonyl (C=O) groups excluding carboxylic acids is 1. The maximum atomic E-state index is 12.6. The third-order valence-electron chi connectivity index (χ3n) is 5.04. The molecule has 0 aliphatic rings. The molecule has 0 aliphatic carbocycles. The van der Waals surface area contributed by atoms with Crippen molar-refractivity contribution in [3.05, 3.63) is 107 Å². The van der Waals surface area contributed by atoms with Crippen molar-refractivity contribution in [1.29, 1.82) is 0 Å². The summed E-state index contributed by atoms with van der Waals surface area (Å²) in [4.78, 5) is 16.8. The van der Waals surface area contributed by atoms with E-state index in [9.17, 15) is 4.79 Å². The van der Waals surface area contributed by atoms with Crippen LogP contribution in [0.15, 0.2) is 89.5 Å². The molecule has 0 atom stereocenters. The molecular weight excluding hydrogens is 374 g/mol. The van der Waals surface area contributed by atoms with E-state index >= 15 is 0 Å². The molecule has 1 aromatic heterocycles. The van der Waals surface area contributed by atoms with Crippen molar-refractivity contribution < 1.29 is 9.32 Å². The first kappa shape index (κ1) is 19.6. The van der Waals surface area contributed by atoms with Crippen molar-refractivity contribution in [3.63, 3.8) is 0 Å². The highest BCUT2D eigenvalue weighted by Crippen LogP contribution is 2.27. The second-order valence-electron chi connectivity index (χ2n) is 7.14. The molecular formula is C25H23N3O2. The first-order valence-corrected chi connectivity index (χ1v) is 9.99. The first-order chi connectivity index (χ1) is 14.7. The molecule has 0 fully saturated rings. The SMILES string of the molecule is Cc1noc(-c2ccc(C(=O)NCCC(c3ccccc3)c3ccccc3)cc2)n1. The summed E-state index contributed by atoms with van der Waals surface area (Å²) in [5.41, 5.74) is 3.89. The Bertz CT molecular complexity index is 1050. The lowest BCUT2D eigenvalue weighted by molar-refractivity contribution is 0.0953. The fourth-order valence-corrected chi connectivity index (χ4v) is 3.51. The number of hydrogen-bond donors (Lipinski definition) is 1. The summed E-state index contributed by atoms with van der Waals surface area (Å²) in [7, 11) is 0. The van der Waals surface area contributed by atoms with E-state index in [1.807, 2.05) is 24.3 Å². The average molecular weight is 397 g/mol. The van der Waals surface area contributed by atoms with E-state index < -0.39 is 0 Å². The number of nitrogens with one attached hydrogen (secondary N) is 1. The predicted octanol–water partition coefficient (Wildman–Crippen LogP) is 5.00. The zero-order chi connectivity index (χ0) is 20.8. The van der Waals surface area contributed by atoms with E-state index in [-0.39, 0.29) is 11.8 Å². The molecule has 1 amide bonds. The lowest BCUT2D eigenvalue weighted by Gasteiger charge is -2.18. The zero-order valence-corrected chi connectivity index (χ0v) is 16.8. The number of aromatic nitrogens is 2. The lowest BCUT2D eigenvalue weighted by atomic mass is 9.88. The van der Waals surface area contributed by atoms with Gasteiger partial charge in [-0.2, -0.15) is 4.98 Å². The van der Waals surface area contributed by atoms with Gasteiger partial charge in [0.2, 0.25) is 0 Å². The molecule has 0 aliphatic heterocycles. The Kier molecular flexibility index (Phi) is 5.99. The molecule has 4 aromatic rings. The minimum Gasteiger partial charge on any atom is -0.352 e. The summed E-state index contributed by atoms with van der Waals surface area (Å²) in [6, 6.07) is 28.0. The molecule has 1 heterocycles. The van der Waals surface area contributed by atoms with Crippen LogP contribution in [0.2, 0.25) is 0 Å². The van der Waals surface area contributed by atoms with Crippen LogP contribution < -0.4 is 5.32 Å². The van der Waals surface area contributed by atoms with Crippen molar-refractivity contribution in [3.8, 4) is 11.5 Å². The second-order valence-corrected chi connectivity index (χ2v) is 7.14. The number of nitrogens with zero attached hydrogens (tertiary/aromatic N) is 2. The molecule has 150 valence electrons. The molecule has 0 saturated carbocycles. The summed E-state index contributed by atoms with van der Waals surface area (Å²) >= 11 is 0. The number of hydrogen-bond acceptors (Lipinski definition) is 4. The molecule has 1 N–H and O–H groups in total. The Morgan fingerprint density at radius 1 is 0.900 bits per heavy atom. The van der Waals surface area contributed by atoms with Crippen LogP contribution in [-0.4, -0.2) is 22.6 Å². The normalized spacial score (nSPS) is 10.9. The molecule has 0 unspecified atom stereocenters. The number of carbonyl (C=O) groups is 1. The van der Waals surface area contributed by atoms with Gasteiger partial charge in [0.05, 0.1) is 0 Å². The molecule has 3 aromatic carbocycles. The van der Waals surface area contributed by atoms with Crippen LogP contribution in [0.1, 0.15) is 39.6 Å². The van der Waals surface area contributed by atoms with E-state index in [4.69, 9.17) is 4.52 Å². The Hall–Kier alpha value is -3.73. The van der Waals surface area contributed by atoms with Crippen LogP contribution in [0.25, 0.3) is 11.5 Å². The minimum absolute atomic E-state index is 0.0943. The van der Waals surface area contributed by atoms with Gasteiger partial charge in [-0.3, -0.25) is 4.79 Å². The topological polar surface area (TPSA) is 68.0 Å². The van der Waals surface area contributed by atoms with Crippen LogP contribution in [0.5, 0.6) is 0 Å². The lowest BCUT2D eigenvalue weighted by Crippen LogP contribution is -2.25. The fraction of sp³-hybridized carbons (Fsp3) is 0.160. The third kappa shape index (κ3) is 4.63. The molecule has 5 heteroatoms. The fourth-order valence-electron chi connectivity index (χ4n) is 3.51. The highest BCUT2D eigenvalue weighted by molar-refractivity contribution is 5.94. The third-order valence-corrected chi connectivity index (χ3v) is 5.04. The minimum atomic E-state index is -0.0943. The van der Waals surface area contributed by atoms with Crippen molar-refractivity contribution in [2.24, 2.45) is 0 Å². The quantitative estimate of drug-likeness (QED) is 0.477. The summed E-state index contributed by atoms with van der Waals surface area (Å²) in [6.07, 6.45) is 0.819. The predicted molar refractivity (Wildman–Crippen MR) is 116 cm³/mol. The average Bonchev–Trinajstić information content (AvgIpc) is 3.24. The zero-order valence-electron chi connectivity index (χ0n) is 16.8. The Morgan fingerprint density at radius 3 is 2.03 bits per heavy atom. The molecule has 0 saturated heterocycles. The van der Waals surface area contributed by atoms with Gasteiger partial charge in [0.1, 0.15) is 0 Å². The molecule has 0 spiro atoms. The second kappa shape index (κ2) is 9.18. The van der Waals surface area contributed by atoms with Gasteiger partial charge in [-0.15, -0.1) is 0 Å². The van der Waals surface area contributed by atoms with Crippen LogP contribution in [0.3, 0.4) is 0 Å². The number of benzene rings is 3. The van der Waals surface area contributed by atoms with Crippen LogP contribution in [0.4, 0.5) is 0 Å². The van der Waals surface area contributed by atoms with E-state index in [0.29, 0.717) is 23.8 Å². The van der Waals surface area contributed by atoms with Crippen LogP contribution in [-0.2, 0) is 0 Å². The Morgan fingerprint density at radius 2 is 1.50 bits per heavy atom. The Labute approximate surface area is 175 Å². The van der Waals surface area contributed by atoms with Crippen molar-refractivity contribution in [2.45, 2.75) is 19.3 Å². The Balaban J connectivity index is 1.40. The standard InChI is InChI=1S/C25H23N3O2/c1-18-27-25(30-28-18)22-14-12-21(13-15-22)24(29)26-17-16-23(19-8-4-2-5-9-19)20-10-6-3-7-11-20/h2-15,23H,16-17H2,1H3,(H,26,29). The molecule has 0 bridgehead atoms. The van der Waals surface area contributed by atoms with E-state index in [1.54, 1.807) is 19.1 Å². The summed E-state index contributed by atoms with van der Waals surface area (Å²) in [6.45, 7) is 2.35. The highest BCUT2D eigenvalue weighted by atomic mass is 16.5. The van der Waals surface area contributed by atoms with E-state index in [1.165, 1.54) is 11.1 Å². The van der Waals surface area contributed by atoms with Gasteiger partial charge in [0.15, 0.2) is 5.82 Å². The van der Waals surface area contributed by atoms with Gasteiger partial charge in [-0.25, -0.2) is 0 Å². The molecule has 4 rings (SSSR count). The monoisotopic (exact) mass is 397 g/mol. The van der Waals surface area contributed by atoms with E-state index in [2.05, 4.69) is 64.0 Å². The molecule has 0 radical (unpaired) electrons. The van der Waals surface area contributed by atoms with Crippen molar-refractivity contribution in [1.82, 2.24) is 15.5 Å². The van der Waals surface area contributed by atoms with Crippen molar-refractivity contribution >= 4 is 5.91 Å². The van der Waals surface area contributed by atoms with Crippen molar-refractivity contribution in [2.75, 3.05) is 6.54 Å². The van der Waals surface area contributed by atoms with Gasteiger partial charge >= 0.3 is 0 Å². The summed E-state index contributed by atoms with van der Waals surface area (Å²) in [5.74, 6) is 1.17. The van der Waals surface area contributed by atoms with Gasteiger partial charge in [-0.1, -0.05) is 65.8 Å². The smallest absolute Gasteiger partial charge is 0.257 e. The number of amides is 1. The van der Waals surface area contributed by atoms with Gasteiger partial charge < -0.3 is 9.84 Å². The molecule has 30 heavy (non-hydrogen) atoms. The number of rotatable bonds is 7. The maximum Gasteiger partial charge on any atom is 0.257 e. The summed E-state index contributed by atoms with van der Waals surface area (Å²) in [5, 5.41) is 6.83. The van der Waals surface area contributed by atoms with E-state index in [0.717, 1.165) is 12.0 Å². The highest BCUT2D eigenvalue weighted by Gasteiger charge is 2.15. The van der Waals surface area contributed by atoms with Gasteiger partial charge in [0, 0.05) is 23.6 Å². The van der Waals surface area contributed by atoms with Crippen LogP contribution in [0, 0.1) is 6.92 Å². The maximum absolute atomic E-state index is 12.6. The summed E-state index contributed by atoms with van der Waals surface area (Å²) < 4.78 is 5.16. The first-order valence-electron chi connectivity index (χ1n) is 9.99. The molecule has 5 nitrogen and oxygen atoms in total. The number of aryl methyl sites for hydroxylation is 1. The van der Waals surface area contributed by atoms with Crippen LogP contribution >= 0.6 is 0 Å². The van der Waals surface area contributed by atoms with Gasteiger partial charge in [-0.05, 0) is 48.7 Å². The van der Waals surface area contributed by atoms with Gasteiger partial charge in [0.25, 0.3) is 11.8 Å².